The summed E-state index contributed by atoms with van der Waals surface area (Å²) in [6.07, 6.45) is 0. The molecule has 32 heavy (non-hydrogen) atoms. The molecule has 4 aromatic rings. The highest BCUT2D eigenvalue weighted by molar-refractivity contribution is 6.35. The van der Waals surface area contributed by atoms with Crippen molar-refractivity contribution in [3.63, 3.8) is 0 Å². The second kappa shape index (κ2) is 9.23. The van der Waals surface area contributed by atoms with Crippen molar-refractivity contribution in [1.82, 2.24) is 9.97 Å². The summed E-state index contributed by atoms with van der Waals surface area (Å²) in [4.78, 5) is 9.21. The lowest BCUT2D eigenvalue weighted by molar-refractivity contribution is 0.356. The van der Waals surface area contributed by atoms with Crippen molar-refractivity contribution >= 4 is 39.9 Å². The first kappa shape index (κ1) is 22.2. The molecule has 0 fully saturated rings. The number of nitrogens with zero attached hydrogens (tertiary/aromatic N) is 2. The lowest BCUT2D eigenvalue weighted by atomic mass is 10.00. The van der Waals surface area contributed by atoms with Crippen molar-refractivity contribution < 1.29 is 9.47 Å². The first-order chi connectivity index (χ1) is 15.4. The molecule has 1 aromatic heterocycles. The van der Waals surface area contributed by atoms with Crippen LogP contribution in [0.3, 0.4) is 0 Å². The fourth-order valence-corrected chi connectivity index (χ4v) is 4.20. The van der Waals surface area contributed by atoms with E-state index in [-0.39, 0.29) is 6.04 Å². The number of rotatable bonds is 6. The first-order valence-electron chi connectivity index (χ1n) is 10.1. The van der Waals surface area contributed by atoms with Crippen molar-refractivity contribution in [3.8, 4) is 22.6 Å². The van der Waals surface area contributed by atoms with E-state index >= 15 is 0 Å². The molecule has 4 rings (SSSR count). The fourth-order valence-electron chi connectivity index (χ4n) is 3.68. The number of hydrogen-bond acceptors (Lipinski definition) is 5. The van der Waals surface area contributed by atoms with Crippen molar-refractivity contribution in [2.45, 2.75) is 19.9 Å². The monoisotopic (exact) mass is 467 g/mol. The van der Waals surface area contributed by atoms with E-state index in [0.717, 1.165) is 33.4 Å². The first-order valence-corrected chi connectivity index (χ1v) is 10.9. The summed E-state index contributed by atoms with van der Waals surface area (Å²) < 4.78 is 10.9. The Morgan fingerprint density at radius 1 is 0.844 bits per heavy atom. The zero-order chi connectivity index (χ0) is 22.8. The summed E-state index contributed by atoms with van der Waals surface area (Å²) in [7, 11) is 3.22. The molecule has 0 aliphatic rings. The lowest BCUT2D eigenvalue weighted by Gasteiger charge is -2.18. The molecule has 1 heterocycles. The number of anilines is 1. The molecule has 0 spiro atoms. The van der Waals surface area contributed by atoms with E-state index in [0.29, 0.717) is 27.4 Å². The standard InChI is InChI=1S/C25H23Cl2N3O2/c1-14(16-6-5-7-17(8-16)18-9-19(26)11-20(27)10-18)28-25-21-12-23(31-3)24(32-4)13-22(21)29-15(2)30-25/h5-14H,1-4H3,(H,28,29,30). The Morgan fingerprint density at radius 2 is 1.53 bits per heavy atom. The van der Waals surface area contributed by atoms with Gasteiger partial charge in [0.05, 0.1) is 19.7 Å². The van der Waals surface area contributed by atoms with Crippen LogP contribution >= 0.6 is 23.2 Å². The van der Waals surface area contributed by atoms with Gasteiger partial charge in [-0.3, -0.25) is 0 Å². The number of hydrogen-bond donors (Lipinski definition) is 1. The Kier molecular flexibility index (Phi) is 6.40. The van der Waals surface area contributed by atoms with E-state index in [1.165, 1.54) is 0 Å². The van der Waals surface area contributed by atoms with Crippen LogP contribution in [-0.4, -0.2) is 24.2 Å². The summed E-state index contributed by atoms with van der Waals surface area (Å²) in [5.41, 5.74) is 3.89. The molecular weight excluding hydrogens is 445 g/mol. The average Bonchev–Trinajstić information content (AvgIpc) is 2.77. The second-order valence-electron chi connectivity index (χ2n) is 7.49. The molecule has 0 saturated carbocycles. The molecule has 0 radical (unpaired) electrons. The van der Waals surface area contributed by atoms with Gasteiger partial charge in [0.2, 0.25) is 0 Å². The number of ether oxygens (including phenoxy) is 2. The molecule has 3 aromatic carbocycles. The van der Waals surface area contributed by atoms with E-state index in [1.54, 1.807) is 20.3 Å². The maximum Gasteiger partial charge on any atom is 0.162 e. The summed E-state index contributed by atoms with van der Waals surface area (Å²) in [6.45, 7) is 3.96. The third-order valence-electron chi connectivity index (χ3n) is 5.25. The van der Waals surface area contributed by atoms with Crippen molar-refractivity contribution in [1.29, 1.82) is 0 Å². The largest absolute Gasteiger partial charge is 0.493 e. The van der Waals surface area contributed by atoms with Gasteiger partial charge in [0.1, 0.15) is 11.6 Å². The highest BCUT2D eigenvalue weighted by Gasteiger charge is 2.15. The van der Waals surface area contributed by atoms with Gasteiger partial charge in [-0.05, 0) is 60.9 Å². The van der Waals surface area contributed by atoms with E-state index in [9.17, 15) is 0 Å². The van der Waals surface area contributed by atoms with Crippen LogP contribution in [0.4, 0.5) is 5.82 Å². The quantitative estimate of drug-likeness (QED) is 0.327. The Bertz CT molecular complexity index is 1270. The van der Waals surface area contributed by atoms with Crippen molar-refractivity contribution in [3.05, 3.63) is 76.0 Å². The molecule has 1 atom stereocenters. The number of fused-ring (bicyclic) bond motifs is 1. The second-order valence-corrected chi connectivity index (χ2v) is 8.37. The van der Waals surface area contributed by atoms with Crippen LogP contribution < -0.4 is 14.8 Å². The third kappa shape index (κ3) is 4.59. The van der Waals surface area contributed by atoms with Gasteiger partial charge in [-0.1, -0.05) is 41.4 Å². The number of methoxy groups -OCH3 is 2. The van der Waals surface area contributed by atoms with Gasteiger partial charge in [-0.15, -0.1) is 0 Å². The van der Waals surface area contributed by atoms with E-state index in [4.69, 9.17) is 32.7 Å². The summed E-state index contributed by atoms with van der Waals surface area (Å²) in [6, 6.07) is 17.6. The number of benzene rings is 3. The molecule has 1 N–H and O–H groups in total. The highest BCUT2D eigenvalue weighted by Crippen LogP contribution is 2.35. The minimum Gasteiger partial charge on any atom is -0.493 e. The van der Waals surface area contributed by atoms with E-state index < -0.39 is 0 Å². The SMILES string of the molecule is COc1cc2nc(C)nc(NC(C)c3cccc(-c4cc(Cl)cc(Cl)c4)c3)c2cc1OC. The average molecular weight is 468 g/mol. The molecule has 7 heteroatoms. The molecule has 0 saturated heterocycles. The zero-order valence-electron chi connectivity index (χ0n) is 18.2. The maximum absolute atomic E-state index is 6.20. The maximum atomic E-state index is 6.20. The van der Waals surface area contributed by atoms with Crippen LogP contribution in [-0.2, 0) is 0 Å². The smallest absolute Gasteiger partial charge is 0.162 e. The van der Waals surface area contributed by atoms with Crippen LogP contribution in [0.2, 0.25) is 10.0 Å². The van der Waals surface area contributed by atoms with Crippen LogP contribution in [0.15, 0.2) is 54.6 Å². The number of aryl methyl sites for hydroxylation is 1. The normalized spacial score (nSPS) is 11.9. The Morgan fingerprint density at radius 3 is 2.22 bits per heavy atom. The molecule has 5 nitrogen and oxygen atoms in total. The third-order valence-corrected chi connectivity index (χ3v) is 5.69. The van der Waals surface area contributed by atoms with Gasteiger partial charge in [0.15, 0.2) is 11.5 Å². The Hall–Kier alpha value is -3.02. The predicted molar refractivity (Wildman–Crippen MR) is 131 cm³/mol. The molecule has 0 bridgehead atoms. The van der Waals surface area contributed by atoms with Crippen molar-refractivity contribution in [2.75, 3.05) is 19.5 Å². The highest BCUT2D eigenvalue weighted by atomic mass is 35.5. The minimum atomic E-state index is -0.0183. The van der Waals surface area contributed by atoms with Gasteiger partial charge in [-0.2, -0.15) is 0 Å². The number of aromatic nitrogens is 2. The summed E-state index contributed by atoms with van der Waals surface area (Å²) in [5, 5.41) is 5.61. The fraction of sp³-hybridized carbons (Fsp3) is 0.200. The Labute approximate surface area is 197 Å². The minimum absolute atomic E-state index is 0.0183. The summed E-state index contributed by atoms with van der Waals surface area (Å²) in [5.74, 6) is 2.66. The van der Waals surface area contributed by atoms with Crippen LogP contribution in [0.25, 0.3) is 22.0 Å². The number of nitrogens with one attached hydrogen (secondary N) is 1. The van der Waals surface area contributed by atoms with Gasteiger partial charge in [0.25, 0.3) is 0 Å². The molecule has 1 unspecified atom stereocenters. The van der Waals surface area contributed by atoms with Crippen LogP contribution in [0.1, 0.15) is 24.4 Å². The number of halogens is 2. The molecular formula is C25H23Cl2N3O2. The Balaban J connectivity index is 1.70. The zero-order valence-corrected chi connectivity index (χ0v) is 19.8. The molecule has 164 valence electrons. The van der Waals surface area contributed by atoms with Gasteiger partial charge in [-0.25, -0.2) is 9.97 Å². The summed E-state index contributed by atoms with van der Waals surface area (Å²) >= 11 is 12.4. The van der Waals surface area contributed by atoms with E-state index in [1.807, 2.05) is 43.3 Å². The predicted octanol–water partition coefficient (Wildman–Crippen LogP) is 7.10. The van der Waals surface area contributed by atoms with Crippen molar-refractivity contribution in [2.24, 2.45) is 0 Å². The van der Waals surface area contributed by atoms with E-state index in [2.05, 4.69) is 34.3 Å². The van der Waals surface area contributed by atoms with Gasteiger partial charge >= 0.3 is 0 Å². The van der Waals surface area contributed by atoms with Crippen LogP contribution in [0, 0.1) is 6.92 Å². The lowest BCUT2D eigenvalue weighted by Crippen LogP contribution is -2.10. The van der Waals surface area contributed by atoms with Gasteiger partial charge in [0, 0.05) is 27.5 Å². The van der Waals surface area contributed by atoms with Crippen LogP contribution in [0.5, 0.6) is 11.5 Å². The topological polar surface area (TPSA) is 56.3 Å². The molecule has 0 amide bonds. The molecule has 0 aliphatic carbocycles. The molecule has 0 aliphatic heterocycles. The van der Waals surface area contributed by atoms with Gasteiger partial charge < -0.3 is 14.8 Å².